The van der Waals surface area contributed by atoms with Crippen LogP contribution < -0.4 is 5.32 Å². The summed E-state index contributed by atoms with van der Waals surface area (Å²) in [5.74, 6) is 0.619. The van der Waals surface area contributed by atoms with Crippen molar-refractivity contribution in [3.05, 3.63) is 0 Å². The molecule has 0 bridgehead atoms. The van der Waals surface area contributed by atoms with Crippen molar-refractivity contribution < 1.29 is 17.9 Å². The van der Waals surface area contributed by atoms with Crippen LogP contribution in [0.1, 0.15) is 33.6 Å². The third kappa shape index (κ3) is 6.90. The van der Waals surface area contributed by atoms with Gasteiger partial charge in [0.15, 0.2) is 0 Å². The lowest BCUT2D eigenvalue weighted by Gasteiger charge is -2.40. The number of piperazine rings is 1. The molecule has 0 amide bonds. The summed E-state index contributed by atoms with van der Waals surface area (Å²) in [6, 6.07) is 0.827. The molecule has 1 aliphatic heterocycles. The van der Waals surface area contributed by atoms with Crippen molar-refractivity contribution in [2.24, 2.45) is 5.92 Å². The standard InChI is InChI=1S/C14H27F3N2O/c1-4-13-8-18-12(7-11(2)3)9-19(13)5-6-20-10-14(15,16)17/h11-13,18H,4-10H2,1-3H3. The van der Waals surface area contributed by atoms with E-state index < -0.39 is 12.8 Å². The molecule has 0 radical (unpaired) electrons. The van der Waals surface area contributed by atoms with Gasteiger partial charge in [-0.25, -0.2) is 0 Å². The molecule has 2 unspecified atom stereocenters. The van der Waals surface area contributed by atoms with Crippen LogP contribution in [-0.4, -0.2) is 56.0 Å². The minimum Gasteiger partial charge on any atom is -0.371 e. The van der Waals surface area contributed by atoms with E-state index >= 15 is 0 Å². The predicted octanol–water partition coefficient (Wildman–Crippen LogP) is 2.66. The van der Waals surface area contributed by atoms with E-state index in [0.29, 0.717) is 24.5 Å². The molecule has 6 heteroatoms. The summed E-state index contributed by atoms with van der Waals surface area (Å²) in [7, 11) is 0. The SMILES string of the molecule is CCC1CNC(CC(C)C)CN1CCOCC(F)(F)F. The van der Waals surface area contributed by atoms with Gasteiger partial charge in [-0.1, -0.05) is 20.8 Å². The third-order valence-electron chi connectivity index (χ3n) is 3.63. The van der Waals surface area contributed by atoms with E-state index in [0.717, 1.165) is 25.9 Å². The van der Waals surface area contributed by atoms with Crippen LogP contribution in [0.3, 0.4) is 0 Å². The molecule has 1 aliphatic rings. The summed E-state index contributed by atoms with van der Waals surface area (Å²) < 4.78 is 40.8. The summed E-state index contributed by atoms with van der Waals surface area (Å²) in [5, 5.41) is 3.53. The Labute approximate surface area is 119 Å². The fourth-order valence-corrected chi connectivity index (χ4v) is 2.70. The number of ether oxygens (including phenoxy) is 1. The Morgan fingerprint density at radius 2 is 2.05 bits per heavy atom. The number of halogens is 3. The summed E-state index contributed by atoms with van der Waals surface area (Å²) in [4.78, 5) is 2.26. The van der Waals surface area contributed by atoms with E-state index in [4.69, 9.17) is 4.74 Å². The second kappa shape index (κ2) is 8.20. The van der Waals surface area contributed by atoms with Crippen molar-refractivity contribution in [1.82, 2.24) is 10.2 Å². The Kier molecular flexibility index (Phi) is 7.26. The van der Waals surface area contributed by atoms with Gasteiger partial charge in [0.05, 0.1) is 6.61 Å². The van der Waals surface area contributed by atoms with Crippen LogP contribution in [-0.2, 0) is 4.74 Å². The summed E-state index contributed by atoms with van der Waals surface area (Å²) >= 11 is 0. The Morgan fingerprint density at radius 1 is 1.35 bits per heavy atom. The molecule has 0 aromatic rings. The van der Waals surface area contributed by atoms with Crippen molar-refractivity contribution in [1.29, 1.82) is 0 Å². The van der Waals surface area contributed by atoms with Crippen LogP contribution in [0, 0.1) is 5.92 Å². The van der Waals surface area contributed by atoms with E-state index in [-0.39, 0.29) is 6.61 Å². The summed E-state index contributed by atoms with van der Waals surface area (Å²) in [6.45, 7) is 7.85. The summed E-state index contributed by atoms with van der Waals surface area (Å²) in [5.41, 5.74) is 0. The van der Waals surface area contributed by atoms with Gasteiger partial charge in [0.25, 0.3) is 0 Å². The first-order chi connectivity index (χ1) is 9.31. The van der Waals surface area contributed by atoms with E-state index in [9.17, 15) is 13.2 Å². The van der Waals surface area contributed by atoms with Gasteiger partial charge in [0, 0.05) is 31.7 Å². The smallest absolute Gasteiger partial charge is 0.371 e. The minimum absolute atomic E-state index is 0.143. The first kappa shape index (κ1) is 17.7. The van der Waals surface area contributed by atoms with Crippen molar-refractivity contribution in [2.45, 2.75) is 51.9 Å². The molecular formula is C14H27F3N2O. The fraction of sp³-hybridized carbons (Fsp3) is 1.00. The molecule has 3 nitrogen and oxygen atoms in total. The number of rotatable bonds is 7. The topological polar surface area (TPSA) is 24.5 Å². The predicted molar refractivity (Wildman–Crippen MR) is 73.8 cm³/mol. The molecule has 1 fully saturated rings. The molecule has 0 aromatic carbocycles. The van der Waals surface area contributed by atoms with E-state index in [1.807, 2.05) is 0 Å². The van der Waals surface area contributed by atoms with Crippen LogP contribution in [0.5, 0.6) is 0 Å². The number of alkyl halides is 3. The zero-order valence-corrected chi connectivity index (χ0v) is 12.7. The van der Waals surface area contributed by atoms with Crippen LogP contribution >= 0.6 is 0 Å². The second-order valence-corrected chi connectivity index (χ2v) is 5.96. The molecule has 1 N–H and O–H groups in total. The van der Waals surface area contributed by atoms with Crippen molar-refractivity contribution in [3.63, 3.8) is 0 Å². The largest absolute Gasteiger partial charge is 0.411 e. The number of nitrogens with zero attached hydrogens (tertiary/aromatic N) is 1. The monoisotopic (exact) mass is 296 g/mol. The molecule has 2 atom stereocenters. The highest BCUT2D eigenvalue weighted by Crippen LogP contribution is 2.16. The molecule has 0 saturated carbocycles. The molecule has 120 valence electrons. The lowest BCUT2D eigenvalue weighted by molar-refractivity contribution is -0.175. The molecule has 1 saturated heterocycles. The molecule has 1 rings (SSSR count). The van der Waals surface area contributed by atoms with E-state index in [1.165, 1.54) is 0 Å². The van der Waals surface area contributed by atoms with Crippen molar-refractivity contribution in [2.75, 3.05) is 32.8 Å². The molecule has 0 spiro atoms. The Morgan fingerprint density at radius 3 is 2.60 bits per heavy atom. The van der Waals surface area contributed by atoms with E-state index in [1.54, 1.807) is 0 Å². The zero-order valence-electron chi connectivity index (χ0n) is 12.7. The van der Waals surface area contributed by atoms with Crippen molar-refractivity contribution in [3.8, 4) is 0 Å². The quantitative estimate of drug-likeness (QED) is 0.731. The van der Waals surface area contributed by atoms with Gasteiger partial charge in [0.2, 0.25) is 0 Å². The average molecular weight is 296 g/mol. The highest BCUT2D eigenvalue weighted by molar-refractivity contribution is 4.85. The molecule has 0 aromatic heterocycles. The Balaban J connectivity index is 2.34. The van der Waals surface area contributed by atoms with Gasteiger partial charge in [-0.3, -0.25) is 4.90 Å². The first-order valence-corrected chi connectivity index (χ1v) is 7.43. The Bertz CT molecular complexity index is 272. The maximum atomic E-state index is 12.0. The zero-order chi connectivity index (χ0) is 15.2. The van der Waals surface area contributed by atoms with Gasteiger partial charge in [-0.05, 0) is 18.8 Å². The van der Waals surface area contributed by atoms with Gasteiger partial charge >= 0.3 is 6.18 Å². The fourth-order valence-electron chi connectivity index (χ4n) is 2.70. The Hall–Kier alpha value is -0.330. The molecule has 0 aliphatic carbocycles. The lowest BCUT2D eigenvalue weighted by Crippen LogP contribution is -2.57. The average Bonchev–Trinajstić information content (AvgIpc) is 2.33. The number of nitrogens with one attached hydrogen (secondary N) is 1. The summed E-state index contributed by atoms with van der Waals surface area (Å²) in [6.07, 6.45) is -2.13. The number of hydrogen-bond donors (Lipinski definition) is 1. The lowest BCUT2D eigenvalue weighted by atomic mass is 9.99. The normalized spacial score (nSPS) is 25.4. The highest BCUT2D eigenvalue weighted by Gasteiger charge is 2.29. The van der Waals surface area contributed by atoms with Crippen LogP contribution in [0.25, 0.3) is 0 Å². The van der Waals surface area contributed by atoms with Gasteiger partial charge in [0.1, 0.15) is 6.61 Å². The third-order valence-corrected chi connectivity index (χ3v) is 3.63. The van der Waals surface area contributed by atoms with Gasteiger partial charge in [-0.2, -0.15) is 13.2 Å². The maximum absolute atomic E-state index is 12.0. The van der Waals surface area contributed by atoms with E-state index in [2.05, 4.69) is 31.0 Å². The minimum atomic E-state index is -4.23. The second-order valence-electron chi connectivity index (χ2n) is 5.96. The highest BCUT2D eigenvalue weighted by atomic mass is 19.4. The van der Waals surface area contributed by atoms with Crippen LogP contribution in [0.15, 0.2) is 0 Å². The van der Waals surface area contributed by atoms with Gasteiger partial charge in [-0.15, -0.1) is 0 Å². The van der Waals surface area contributed by atoms with Crippen LogP contribution in [0.4, 0.5) is 13.2 Å². The molecular weight excluding hydrogens is 269 g/mol. The van der Waals surface area contributed by atoms with Crippen molar-refractivity contribution >= 4 is 0 Å². The number of hydrogen-bond acceptors (Lipinski definition) is 3. The maximum Gasteiger partial charge on any atom is 0.411 e. The first-order valence-electron chi connectivity index (χ1n) is 7.43. The molecule has 1 heterocycles. The molecule has 20 heavy (non-hydrogen) atoms. The van der Waals surface area contributed by atoms with Crippen LogP contribution in [0.2, 0.25) is 0 Å². The van der Waals surface area contributed by atoms with Gasteiger partial charge < -0.3 is 10.1 Å².